The van der Waals surface area contributed by atoms with Crippen molar-refractivity contribution in [3.05, 3.63) is 29.8 Å². The van der Waals surface area contributed by atoms with Gasteiger partial charge in [-0.15, -0.1) is 0 Å². The molecule has 3 heteroatoms. The lowest BCUT2D eigenvalue weighted by molar-refractivity contribution is -0.116. The van der Waals surface area contributed by atoms with Gasteiger partial charge in [-0.2, -0.15) is 5.26 Å². The SMILES string of the molecule is CCCCC(=O)Nc1ccc(C#N)cc1. The van der Waals surface area contributed by atoms with Crippen molar-refractivity contribution in [3.63, 3.8) is 0 Å². The minimum Gasteiger partial charge on any atom is -0.326 e. The van der Waals surface area contributed by atoms with Gasteiger partial charge in [0.2, 0.25) is 5.91 Å². The van der Waals surface area contributed by atoms with Gasteiger partial charge in [-0.3, -0.25) is 4.79 Å². The molecule has 0 aliphatic rings. The van der Waals surface area contributed by atoms with Gasteiger partial charge < -0.3 is 5.32 Å². The lowest BCUT2D eigenvalue weighted by atomic mass is 10.2. The van der Waals surface area contributed by atoms with Gasteiger partial charge in [0.05, 0.1) is 11.6 Å². The molecule has 0 radical (unpaired) electrons. The number of amides is 1. The van der Waals surface area contributed by atoms with E-state index in [-0.39, 0.29) is 5.91 Å². The zero-order valence-electron chi connectivity index (χ0n) is 8.79. The number of hydrogen-bond donors (Lipinski definition) is 1. The molecule has 0 saturated carbocycles. The lowest BCUT2D eigenvalue weighted by Gasteiger charge is -2.03. The number of unbranched alkanes of at least 4 members (excludes halogenated alkanes) is 1. The van der Waals surface area contributed by atoms with Crippen LogP contribution >= 0.6 is 0 Å². The smallest absolute Gasteiger partial charge is 0.224 e. The maximum atomic E-state index is 11.3. The third-order valence-electron chi connectivity index (χ3n) is 2.06. The number of rotatable bonds is 4. The van der Waals surface area contributed by atoms with E-state index in [1.54, 1.807) is 24.3 Å². The predicted molar refractivity (Wildman–Crippen MR) is 59.3 cm³/mol. The van der Waals surface area contributed by atoms with Gasteiger partial charge in [0.25, 0.3) is 0 Å². The van der Waals surface area contributed by atoms with Crippen LogP contribution in [-0.4, -0.2) is 5.91 Å². The average molecular weight is 202 g/mol. The van der Waals surface area contributed by atoms with E-state index < -0.39 is 0 Å². The molecule has 1 N–H and O–H groups in total. The second-order valence-electron chi connectivity index (χ2n) is 3.34. The summed E-state index contributed by atoms with van der Waals surface area (Å²) in [4.78, 5) is 11.3. The molecular weight excluding hydrogens is 188 g/mol. The van der Waals surface area contributed by atoms with Gasteiger partial charge in [-0.25, -0.2) is 0 Å². The summed E-state index contributed by atoms with van der Waals surface area (Å²) < 4.78 is 0. The fourth-order valence-electron chi connectivity index (χ4n) is 1.19. The maximum absolute atomic E-state index is 11.3. The number of hydrogen-bond acceptors (Lipinski definition) is 2. The van der Waals surface area contributed by atoms with E-state index in [4.69, 9.17) is 5.26 Å². The van der Waals surface area contributed by atoms with Gasteiger partial charge >= 0.3 is 0 Å². The summed E-state index contributed by atoms with van der Waals surface area (Å²) in [6.07, 6.45) is 2.47. The fourth-order valence-corrected chi connectivity index (χ4v) is 1.19. The summed E-state index contributed by atoms with van der Waals surface area (Å²) in [5, 5.41) is 11.4. The molecule has 0 fully saturated rings. The van der Waals surface area contributed by atoms with Crippen molar-refractivity contribution in [1.29, 1.82) is 5.26 Å². The zero-order chi connectivity index (χ0) is 11.1. The van der Waals surface area contributed by atoms with E-state index in [0.717, 1.165) is 18.5 Å². The zero-order valence-corrected chi connectivity index (χ0v) is 8.79. The highest BCUT2D eigenvalue weighted by Gasteiger charge is 2.00. The molecule has 3 nitrogen and oxygen atoms in total. The van der Waals surface area contributed by atoms with Crippen LogP contribution in [0, 0.1) is 11.3 Å². The number of benzene rings is 1. The third-order valence-corrected chi connectivity index (χ3v) is 2.06. The van der Waals surface area contributed by atoms with Gasteiger partial charge in [0, 0.05) is 12.1 Å². The first-order valence-corrected chi connectivity index (χ1v) is 5.06. The molecular formula is C12H14N2O. The van der Waals surface area contributed by atoms with E-state index in [1.807, 2.05) is 6.07 Å². The molecule has 15 heavy (non-hydrogen) atoms. The summed E-state index contributed by atoms with van der Waals surface area (Å²) in [7, 11) is 0. The largest absolute Gasteiger partial charge is 0.326 e. The van der Waals surface area contributed by atoms with Crippen molar-refractivity contribution in [2.45, 2.75) is 26.2 Å². The predicted octanol–water partition coefficient (Wildman–Crippen LogP) is 2.69. The monoisotopic (exact) mass is 202 g/mol. The molecule has 1 aromatic rings. The lowest BCUT2D eigenvalue weighted by Crippen LogP contribution is -2.10. The number of carbonyl (C=O) groups excluding carboxylic acids is 1. The number of nitrogens with one attached hydrogen (secondary N) is 1. The maximum Gasteiger partial charge on any atom is 0.224 e. The van der Waals surface area contributed by atoms with Crippen molar-refractivity contribution in [3.8, 4) is 6.07 Å². The summed E-state index contributed by atoms with van der Waals surface area (Å²) in [5.41, 5.74) is 1.34. The van der Waals surface area contributed by atoms with Crippen LogP contribution in [0.15, 0.2) is 24.3 Å². The Balaban J connectivity index is 2.50. The Labute approximate surface area is 89.7 Å². The van der Waals surface area contributed by atoms with Crippen LogP contribution in [0.1, 0.15) is 31.7 Å². The Morgan fingerprint density at radius 1 is 1.40 bits per heavy atom. The number of nitrogens with zero attached hydrogens (tertiary/aromatic N) is 1. The fraction of sp³-hybridized carbons (Fsp3) is 0.333. The molecule has 0 aliphatic heterocycles. The number of anilines is 1. The molecule has 0 heterocycles. The first-order chi connectivity index (χ1) is 7.26. The van der Waals surface area contributed by atoms with E-state index in [9.17, 15) is 4.79 Å². The number of carbonyl (C=O) groups is 1. The quantitative estimate of drug-likeness (QED) is 0.816. The Morgan fingerprint density at radius 2 is 2.07 bits per heavy atom. The van der Waals surface area contributed by atoms with Crippen LogP contribution in [0.3, 0.4) is 0 Å². The van der Waals surface area contributed by atoms with Gasteiger partial charge in [0.15, 0.2) is 0 Å². The van der Waals surface area contributed by atoms with Crippen molar-refractivity contribution in [1.82, 2.24) is 0 Å². The minimum atomic E-state index is 0.0292. The van der Waals surface area contributed by atoms with E-state index in [2.05, 4.69) is 12.2 Å². The summed E-state index contributed by atoms with van der Waals surface area (Å²) >= 11 is 0. The van der Waals surface area contributed by atoms with Crippen LogP contribution in [0.4, 0.5) is 5.69 Å². The summed E-state index contributed by atoms with van der Waals surface area (Å²) in [6.45, 7) is 2.05. The molecule has 0 spiro atoms. The van der Waals surface area contributed by atoms with Crippen molar-refractivity contribution >= 4 is 11.6 Å². The van der Waals surface area contributed by atoms with Crippen molar-refractivity contribution in [2.75, 3.05) is 5.32 Å². The minimum absolute atomic E-state index is 0.0292. The van der Waals surface area contributed by atoms with E-state index >= 15 is 0 Å². The van der Waals surface area contributed by atoms with E-state index in [1.165, 1.54) is 0 Å². The van der Waals surface area contributed by atoms with Crippen LogP contribution in [0.2, 0.25) is 0 Å². The number of nitriles is 1. The summed E-state index contributed by atoms with van der Waals surface area (Å²) in [5.74, 6) is 0.0292. The van der Waals surface area contributed by atoms with Gasteiger partial charge in [0.1, 0.15) is 0 Å². The average Bonchev–Trinajstić information content (AvgIpc) is 2.27. The van der Waals surface area contributed by atoms with Gasteiger partial charge in [-0.05, 0) is 30.7 Å². The molecule has 0 unspecified atom stereocenters. The van der Waals surface area contributed by atoms with Crippen LogP contribution in [0.25, 0.3) is 0 Å². The highest BCUT2D eigenvalue weighted by molar-refractivity contribution is 5.90. The second kappa shape index (κ2) is 5.82. The first kappa shape index (κ1) is 11.3. The highest BCUT2D eigenvalue weighted by Crippen LogP contribution is 2.09. The first-order valence-electron chi connectivity index (χ1n) is 5.06. The Kier molecular flexibility index (Phi) is 4.36. The van der Waals surface area contributed by atoms with Crippen molar-refractivity contribution in [2.24, 2.45) is 0 Å². The third kappa shape index (κ3) is 3.82. The van der Waals surface area contributed by atoms with Crippen LogP contribution in [0.5, 0.6) is 0 Å². The second-order valence-corrected chi connectivity index (χ2v) is 3.34. The topological polar surface area (TPSA) is 52.9 Å². The molecule has 78 valence electrons. The van der Waals surface area contributed by atoms with Crippen LogP contribution in [-0.2, 0) is 4.79 Å². The Bertz CT molecular complexity index is 362. The molecule has 0 aliphatic carbocycles. The van der Waals surface area contributed by atoms with Gasteiger partial charge in [-0.1, -0.05) is 13.3 Å². The highest BCUT2D eigenvalue weighted by atomic mass is 16.1. The molecule has 1 amide bonds. The van der Waals surface area contributed by atoms with Crippen molar-refractivity contribution < 1.29 is 4.79 Å². The molecule has 0 aromatic heterocycles. The summed E-state index contributed by atoms with van der Waals surface area (Å²) in [6, 6.07) is 8.89. The van der Waals surface area contributed by atoms with E-state index in [0.29, 0.717) is 12.0 Å². The normalized spacial score (nSPS) is 9.33. The molecule has 0 bridgehead atoms. The molecule has 0 atom stereocenters. The Morgan fingerprint density at radius 3 is 2.60 bits per heavy atom. The Hall–Kier alpha value is -1.82. The molecule has 0 saturated heterocycles. The molecule has 1 aromatic carbocycles. The van der Waals surface area contributed by atoms with Crippen LogP contribution < -0.4 is 5.32 Å². The molecule has 1 rings (SSSR count). The standard InChI is InChI=1S/C12H14N2O/c1-2-3-4-12(15)14-11-7-5-10(9-13)6-8-11/h5-8H,2-4H2,1H3,(H,14,15).